The SMILES string of the molecule is COc1nc(NCCc2ccc(OC(F)(F)F)cc2)cc(N2CCCCC2C(=O)O)n1.O=CC(F)(F)F. The maximum Gasteiger partial charge on any atom is 0.573 e. The Bertz CT molecular complexity index is 1030. The number of aromatic nitrogens is 2. The van der Waals surface area contributed by atoms with Crippen molar-refractivity contribution in [3.8, 4) is 11.8 Å². The van der Waals surface area contributed by atoms with Gasteiger partial charge in [-0.3, -0.25) is 4.79 Å². The van der Waals surface area contributed by atoms with Crippen LogP contribution in [0.4, 0.5) is 38.0 Å². The van der Waals surface area contributed by atoms with Gasteiger partial charge in [0, 0.05) is 19.2 Å². The molecular formula is C22H24F6N4O5. The van der Waals surface area contributed by atoms with E-state index in [0.717, 1.165) is 18.4 Å². The quantitative estimate of drug-likeness (QED) is 0.377. The lowest BCUT2D eigenvalue weighted by atomic mass is 10.0. The number of halogens is 6. The largest absolute Gasteiger partial charge is 0.573 e. The van der Waals surface area contributed by atoms with Crippen molar-refractivity contribution in [2.75, 3.05) is 30.4 Å². The highest BCUT2D eigenvalue weighted by atomic mass is 19.4. The highest BCUT2D eigenvalue weighted by Gasteiger charge is 2.31. The number of hydrogen-bond acceptors (Lipinski definition) is 8. The zero-order valence-corrected chi connectivity index (χ0v) is 19.5. The molecule has 1 unspecified atom stereocenters. The highest BCUT2D eigenvalue weighted by molar-refractivity contribution is 5.78. The molecule has 0 radical (unpaired) electrons. The van der Waals surface area contributed by atoms with Crippen molar-refractivity contribution in [2.45, 2.75) is 44.3 Å². The first-order chi connectivity index (χ1) is 17.3. The molecule has 9 nitrogen and oxygen atoms in total. The monoisotopic (exact) mass is 538 g/mol. The molecule has 1 fully saturated rings. The van der Waals surface area contributed by atoms with Crippen LogP contribution >= 0.6 is 0 Å². The summed E-state index contributed by atoms with van der Waals surface area (Å²) < 4.78 is 77.0. The number of rotatable bonds is 8. The third-order valence-electron chi connectivity index (χ3n) is 4.97. The van der Waals surface area contributed by atoms with Crippen LogP contribution in [-0.2, 0) is 16.0 Å². The van der Waals surface area contributed by atoms with E-state index in [0.29, 0.717) is 37.6 Å². The second kappa shape index (κ2) is 13.0. The van der Waals surface area contributed by atoms with Gasteiger partial charge in [-0.15, -0.1) is 13.2 Å². The summed E-state index contributed by atoms with van der Waals surface area (Å²) >= 11 is 0. The van der Waals surface area contributed by atoms with Gasteiger partial charge >= 0.3 is 24.5 Å². The van der Waals surface area contributed by atoms with Crippen LogP contribution in [0.5, 0.6) is 11.8 Å². The molecule has 1 aliphatic heterocycles. The smallest absolute Gasteiger partial charge is 0.480 e. The van der Waals surface area contributed by atoms with Crippen molar-refractivity contribution in [1.29, 1.82) is 0 Å². The summed E-state index contributed by atoms with van der Waals surface area (Å²) in [6.07, 6.45) is -7.65. The van der Waals surface area contributed by atoms with Gasteiger partial charge in [-0.2, -0.15) is 23.1 Å². The van der Waals surface area contributed by atoms with Crippen molar-refractivity contribution < 1.29 is 50.5 Å². The van der Waals surface area contributed by atoms with Crippen LogP contribution in [0, 0.1) is 0 Å². The molecule has 0 aliphatic carbocycles. The van der Waals surface area contributed by atoms with E-state index in [4.69, 9.17) is 9.53 Å². The first kappa shape index (κ1) is 29.5. The van der Waals surface area contributed by atoms with Crippen LogP contribution in [0.2, 0.25) is 0 Å². The molecular weight excluding hydrogens is 514 g/mol. The van der Waals surface area contributed by atoms with Crippen molar-refractivity contribution in [1.82, 2.24) is 9.97 Å². The van der Waals surface area contributed by atoms with E-state index in [1.807, 2.05) is 0 Å². The summed E-state index contributed by atoms with van der Waals surface area (Å²) in [5.41, 5.74) is 0.810. The van der Waals surface area contributed by atoms with Crippen LogP contribution in [0.25, 0.3) is 0 Å². The van der Waals surface area contributed by atoms with Crippen LogP contribution < -0.4 is 19.7 Å². The van der Waals surface area contributed by atoms with Gasteiger partial charge in [-0.25, -0.2) is 4.79 Å². The molecule has 0 bridgehead atoms. The Labute approximate surface area is 207 Å². The molecule has 2 heterocycles. The number of benzene rings is 1. The first-order valence-corrected chi connectivity index (χ1v) is 10.9. The van der Waals surface area contributed by atoms with Gasteiger partial charge in [-0.05, 0) is 43.4 Å². The van der Waals surface area contributed by atoms with Crippen molar-refractivity contribution in [3.05, 3.63) is 35.9 Å². The standard InChI is InChI=1S/C20H23F3N4O4.C2HF3O/c1-30-19-25-16(12-17(26-19)27-11-3-2-4-15(27)18(28)29)24-10-9-13-5-7-14(8-6-13)31-20(21,22)23;3-2(4,5)1-6/h5-8,12,15H,2-4,9-11H2,1H3,(H,28,29)(H,24,25,26);1H. The second-order valence-electron chi connectivity index (χ2n) is 7.67. The van der Waals surface area contributed by atoms with E-state index < -0.39 is 30.8 Å². The molecule has 0 amide bonds. The van der Waals surface area contributed by atoms with Gasteiger partial charge in [0.15, 0.2) is 0 Å². The van der Waals surface area contributed by atoms with Crippen LogP contribution in [0.15, 0.2) is 30.3 Å². The van der Waals surface area contributed by atoms with E-state index in [1.165, 1.54) is 19.2 Å². The molecule has 1 aliphatic rings. The lowest BCUT2D eigenvalue weighted by Crippen LogP contribution is -2.45. The minimum atomic E-state index is -4.72. The molecule has 1 atom stereocenters. The number of anilines is 2. The Morgan fingerprint density at radius 1 is 1.16 bits per heavy atom. The van der Waals surface area contributed by atoms with Gasteiger partial charge < -0.3 is 24.8 Å². The van der Waals surface area contributed by atoms with Crippen molar-refractivity contribution >= 4 is 23.9 Å². The molecule has 1 aromatic heterocycles. The molecule has 1 aromatic carbocycles. The number of piperidine rings is 1. The first-order valence-electron chi connectivity index (χ1n) is 10.9. The summed E-state index contributed by atoms with van der Waals surface area (Å²) in [7, 11) is 1.43. The third-order valence-corrected chi connectivity index (χ3v) is 4.97. The average Bonchev–Trinajstić information content (AvgIpc) is 2.84. The maximum absolute atomic E-state index is 12.2. The highest BCUT2D eigenvalue weighted by Crippen LogP contribution is 2.27. The molecule has 3 rings (SSSR count). The Morgan fingerprint density at radius 2 is 1.81 bits per heavy atom. The number of methoxy groups -OCH3 is 1. The molecule has 0 spiro atoms. The van der Waals surface area contributed by atoms with E-state index in [-0.39, 0.29) is 11.8 Å². The summed E-state index contributed by atoms with van der Waals surface area (Å²) in [5.74, 6) is -0.239. The number of carbonyl (C=O) groups is 2. The van der Waals surface area contributed by atoms with Crippen molar-refractivity contribution in [3.63, 3.8) is 0 Å². The molecule has 1 saturated heterocycles. The number of aliphatic carboxylic acids is 1. The topological polar surface area (TPSA) is 114 Å². The summed E-state index contributed by atoms with van der Waals surface area (Å²) in [6.45, 7) is 1.02. The Morgan fingerprint density at radius 3 is 2.35 bits per heavy atom. The normalized spacial score (nSPS) is 15.8. The van der Waals surface area contributed by atoms with Gasteiger partial charge in [0.25, 0.3) is 0 Å². The Kier molecular flexibility index (Phi) is 10.3. The maximum atomic E-state index is 12.2. The van der Waals surface area contributed by atoms with Gasteiger partial charge in [0.2, 0.25) is 6.29 Å². The molecule has 2 N–H and O–H groups in total. The molecule has 204 valence electrons. The average molecular weight is 538 g/mol. The zero-order chi connectivity index (χ0) is 27.6. The second-order valence-corrected chi connectivity index (χ2v) is 7.67. The number of aldehydes is 1. The van der Waals surface area contributed by atoms with E-state index >= 15 is 0 Å². The predicted octanol–water partition coefficient (Wildman–Crippen LogP) is 4.23. The fourth-order valence-electron chi connectivity index (χ4n) is 3.40. The lowest BCUT2D eigenvalue weighted by Gasteiger charge is -2.34. The van der Waals surface area contributed by atoms with Crippen LogP contribution in [-0.4, -0.2) is 66.1 Å². The molecule has 2 aromatic rings. The Balaban J connectivity index is 0.000000717. The minimum absolute atomic E-state index is 0.114. The lowest BCUT2D eigenvalue weighted by molar-refractivity contribution is -0.274. The number of nitrogens with one attached hydrogen (secondary N) is 1. The fraction of sp³-hybridized carbons (Fsp3) is 0.455. The minimum Gasteiger partial charge on any atom is -0.480 e. The van der Waals surface area contributed by atoms with Crippen molar-refractivity contribution in [2.24, 2.45) is 0 Å². The van der Waals surface area contributed by atoms with Gasteiger partial charge in [0.05, 0.1) is 7.11 Å². The van der Waals surface area contributed by atoms with E-state index in [1.54, 1.807) is 23.1 Å². The zero-order valence-electron chi connectivity index (χ0n) is 19.5. The molecule has 37 heavy (non-hydrogen) atoms. The van der Waals surface area contributed by atoms with Crippen LogP contribution in [0.3, 0.4) is 0 Å². The predicted molar refractivity (Wildman–Crippen MR) is 119 cm³/mol. The Hall–Kier alpha value is -3.78. The van der Waals surface area contributed by atoms with E-state index in [9.17, 15) is 36.2 Å². The van der Waals surface area contributed by atoms with Gasteiger partial charge in [-0.1, -0.05) is 12.1 Å². The number of ether oxygens (including phenoxy) is 2. The van der Waals surface area contributed by atoms with Gasteiger partial charge in [0.1, 0.15) is 23.4 Å². The fourth-order valence-corrected chi connectivity index (χ4v) is 3.40. The number of nitrogens with zero attached hydrogens (tertiary/aromatic N) is 3. The third kappa shape index (κ3) is 10.4. The summed E-state index contributed by atoms with van der Waals surface area (Å²) in [6, 6.07) is 6.76. The number of carboxylic acids is 1. The number of alkyl halides is 6. The molecule has 15 heteroatoms. The summed E-state index contributed by atoms with van der Waals surface area (Å²) in [5, 5.41) is 12.6. The number of hydrogen-bond donors (Lipinski definition) is 2. The molecule has 0 saturated carbocycles. The summed E-state index contributed by atoms with van der Waals surface area (Å²) in [4.78, 5) is 30.6. The number of carboxylic acid groups (broad SMARTS) is 1. The number of carbonyl (C=O) groups excluding carboxylic acids is 1. The van der Waals surface area contributed by atoms with E-state index in [2.05, 4.69) is 20.0 Å². The van der Waals surface area contributed by atoms with Crippen LogP contribution in [0.1, 0.15) is 24.8 Å².